The summed E-state index contributed by atoms with van der Waals surface area (Å²) in [6, 6.07) is 0. The van der Waals surface area contributed by atoms with Crippen molar-refractivity contribution in [3.8, 4) is 0 Å². The van der Waals surface area contributed by atoms with E-state index in [-0.39, 0.29) is 18.8 Å². The Hall–Kier alpha value is -0.490. The lowest BCUT2D eigenvalue weighted by Crippen LogP contribution is -2.40. The van der Waals surface area contributed by atoms with Gasteiger partial charge in [-0.3, -0.25) is 4.79 Å². The van der Waals surface area contributed by atoms with Crippen molar-refractivity contribution < 1.29 is 23.1 Å². The molecule has 0 saturated heterocycles. The van der Waals surface area contributed by atoms with Crippen LogP contribution in [-0.4, -0.2) is 47.7 Å². The molecule has 1 N–H and O–H groups in total. The van der Waals surface area contributed by atoms with Crippen molar-refractivity contribution in [2.45, 2.75) is 19.0 Å². The van der Waals surface area contributed by atoms with Crippen LogP contribution in [0.2, 0.25) is 0 Å². The zero-order valence-electron chi connectivity index (χ0n) is 8.06. The minimum absolute atomic E-state index is 0.0282. The summed E-state index contributed by atoms with van der Waals surface area (Å²) in [5.74, 6) is -0.410. The number of hydrogen-bond donors (Lipinski definition) is 1. The summed E-state index contributed by atoms with van der Waals surface area (Å²) < 4.78 is 36.0. The van der Waals surface area contributed by atoms with Crippen LogP contribution < -0.4 is 0 Å². The molecular weight excluding hydrogens is 235 g/mol. The Balaban J connectivity index is 4.18. The van der Waals surface area contributed by atoms with E-state index in [1.807, 2.05) is 0 Å². The van der Waals surface area contributed by atoms with Gasteiger partial charge in [-0.2, -0.15) is 13.2 Å². The van der Waals surface area contributed by atoms with Gasteiger partial charge >= 0.3 is 6.18 Å². The normalized spacial score (nSPS) is 11.5. The number of rotatable bonds is 6. The topological polar surface area (TPSA) is 40.5 Å². The molecule has 0 aliphatic rings. The fourth-order valence-corrected chi connectivity index (χ4v) is 1.14. The minimum atomic E-state index is -4.44. The fourth-order valence-electron chi connectivity index (χ4n) is 1.01. The Labute approximate surface area is 90.8 Å². The SMILES string of the molecule is O=C(CCCCl)N(CCO)CC(F)(F)F. The van der Waals surface area contributed by atoms with E-state index in [1.165, 1.54) is 0 Å². The first-order valence-electron chi connectivity index (χ1n) is 4.42. The molecule has 0 bridgehead atoms. The monoisotopic (exact) mass is 247 g/mol. The van der Waals surface area contributed by atoms with Crippen LogP contribution in [-0.2, 0) is 4.79 Å². The van der Waals surface area contributed by atoms with Crippen molar-refractivity contribution in [1.29, 1.82) is 0 Å². The van der Waals surface area contributed by atoms with Crippen LogP contribution in [0.15, 0.2) is 0 Å². The molecule has 3 nitrogen and oxygen atoms in total. The molecule has 1 amide bonds. The number of aliphatic hydroxyl groups excluding tert-OH is 1. The molecule has 0 saturated carbocycles. The number of carbonyl (C=O) groups is 1. The van der Waals surface area contributed by atoms with Gasteiger partial charge in [-0.25, -0.2) is 0 Å². The van der Waals surface area contributed by atoms with Gasteiger partial charge in [0.15, 0.2) is 0 Å². The molecule has 0 aromatic rings. The molecule has 0 atom stereocenters. The van der Waals surface area contributed by atoms with Gasteiger partial charge < -0.3 is 10.0 Å². The third-order valence-electron chi connectivity index (χ3n) is 1.62. The van der Waals surface area contributed by atoms with Crippen LogP contribution in [0, 0.1) is 0 Å². The number of nitrogens with zero attached hydrogens (tertiary/aromatic N) is 1. The Kier molecular flexibility index (Phi) is 6.67. The second-order valence-corrected chi connectivity index (χ2v) is 3.32. The van der Waals surface area contributed by atoms with Crippen LogP contribution in [0.3, 0.4) is 0 Å². The zero-order chi connectivity index (χ0) is 11.9. The molecular formula is C8H13ClF3NO2. The third-order valence-corrected chi connectivity index (χ3v) is 1.88. The highest BCUT2D eigenvalue weighted by molar-refractivity contribution is 6.17. The van der Waals surface area contributed by atoms with E-state index >= 15 is 0 Å². The maximum Gasteiger partial charge on any atom is 0.406 e. The molecule has 0 rings (SSSR count). The van der Waals surface area contributed by atoms with Crippen molar-refractivity contribution in [3.05, 3.63) is 0 Å². The molecule has 0 aromatic heterocycles. The van der Waals surface area contributed by atoms with Gasteiger partial charge in [-0.1, -0.05) is 0 Å². The first-order valence-corrected chi connectivity index (χ1v) is 4.95. The largest absolute Gasteiger partial charge is 0.406 e. The zero-order valence-corrected chi connectivity index (χ0v) is 8.81. The Morgan fingerprint density at radius 1 is 1.40 bits per heavy atom. The molecule has 0 spiro atoms. The summed E-state index contributed by atoms with van der Waals surface area (Å²) in [5, 5.41) is 8.52. The van der Waals surface area contributed by atoms with Crippen LogP contribution in [0.5, 0.6) is 0 Å². The number of halogens is 4. The summed E-state index contributed by atoms with van der Waals surface area (Å²) in [4.78, 5) is 11.8. The molecule has 0 aromatic carbocycles. The number of alkyl halides is 4. The van der Waals surface area contributed by atoms with Crippen LogP contribution in [0.25, 0.3) is 0 Å². The maximum absolute atomic E-state index is 12.0. The quantitative estimate of drug-likeness (QED) is 0.721. The average Bonchev–Trinajstić information content (AvgIpc) is 2.11. The van der Waals surface area contributed by atoms with Crippen molar-refractivity contribution in [3.63, 3.8) is 0 Å². The molecule has 0 aliphatic carbocycles. The summed E-state index contributed by atoms with van der Waals surface area (Å²) in [5.41, 5.74) is 0. The van der Waals surface area contributed by atoms with Gasteiger partial charge in [0.05, 0.1) is 6.61 Å². The lowest BCUT2D eigenvalue weighted by molar-refractivity contribution is -0.162. The Morgan fingerprint density at radius 2 is 2.00 bits per heavy atom. The number of aliphatic hydroxyl groups is 1. The van der Waals surface area contributed by atoms with Gasteiger partial charge in [-0.05, 0) is 6.42 Å². The van der Waals surface area contributed by atoms with E-state index in [2.05, 4.69) is 0 Å². The summed E-state index contributed by atoms with van der Waals surface area (Å²) >= 11 is 5.32. The van der Waals surface area contributed by atoms with Crippen molar-refractivity contribution >= 4 is 17.5 Å². The molecule has 15 heavy (non-hydrogen) atoms. The lowest BCUT2D eigenvalue weighted by Gasteiger charge is -2.22. The number of amides is 1. The highest BCUT2D eigenvalue weighted by Crippen LogP contribution is 2.17. The molecule has 90 valence electrons. The fraction of sp³-hybridized carbons (Fsp3) is 0.875. The second-order valence-electron chi connectivity index (χ2n) is 2.95. The standard InChI is InChI=1S/C8H13ClF3NO2/c9-3-1-2-7(15)13(4-5-14)6-8(10,11)12/h14H,1-6H2. The lowest BCUT2D eigenvalue weighted by atomic mass is 10.3. The van der Waals surface area contributed by atoms with Gasteiger partial charge in [0.1, 0.15) is 6.54 Å². The van der Waals surface area contributed by atoms with Gasteiger partial charge in [0, 0.05) is 18.8 Å². The molecule has 7 heteroatoms. The Bertz CT molecular complexity index is 199. The predicted octanol–water partition coefficient (Wildman–Crippen LogP) is 1.39. The smallest absolute Gasteiger partial charge is 0.395 e. The highest BCUT2D eigenvalue weighted by atomic mass is 35.5. The van der Waals surface area contributed by atoms with Gasteiger partial charge in [0.2, 0.25) is 5.91 Å². The van der Waals surface area contributed by atoms with E-state index in [1.54, 1.807) is 0 Å². The molecule has 0 fully saturated rings. The van der Waals surface area contributed by atoms with Crippen LogP contribution in [0.4, 0.5) is 13.2 Å². The minimum Gasteiger partial charge on any atom is -0.395 e. The van der Waals surface area contributed by atoms with Crippen molar-refractivity contribution in [1.82, 2.24) is 4.90 Å². The summed E-state index contributed by atoms with van der Waals surface area (Å²) in [7, 11) is 0. The number of carbonyl (C=O) groups excluding carboxylic acids is 1. The van der Waals surface area contributed by atoms with Crippen LogP contribution >= 0.6 is 11.6 Å². The number of hydrogen-bond acceptors (Lipinski definition) is 2. The van der Waals surface area contributed by atoms with Gasteiger partial charge in [0.25, 0.3) is 0 Å². The predicted molar refractivity (Wildman–Crippen MR) is 49.7 cm³/mol. The van der Waals surface area contributed by atoms with E-state index in [0.29, 0.717) is 11.3 Å². The molecule has 0 aliphatic heterocycles. The van der Waals surface area contributed by atoms with Crippen molar-refractivity contribution in [2.75, 3.05) is 25.6 Å². The summed E-state index contributed by atoms with van der Waals surface area (Å²) in [6.07, 6.45) is -4.13. The van der Waals surface area contributed by atoms with E-state index in [0.717, 1.165) is 0 Å². The van der Waals surface area contributed by atoms with Gasteiger partial charge in [-0.15, -0.1) is 11.6 Å². The first-order chi connectivity index (χ1) is 6.90. The summed E-state index contributed by atoms with van der Waals surface area (Å²) in [6.45, 7) is -2.11. The van der Waals surface area contributed by atoms with E-state index < -0.39 is 25.2 Å². The Morgan fingerprint density at radius 3 is 2.40 bits per heavy atom. The van der Waals surface area contributed by atoms with Crippen molar-refractivity contribution in [2.24, 2.45) is 0 Å². The molecule has 0 heterocycles. The van der Waals surface area contributed by atoms with E-state index in [9.17, 15) is 18.0 Å². The molecule has 0 unspecified atom stereocenters. The molecule has 0 radical (unpaired) electrons. The first kappa shape index (κ1) is 14.5. The third kappa shape index (κ3) is 7.44. The average molecular weight is 248 g/mol. The maximum atomic E-state index is 12.0. The second kappa shape index (κ2) is 6.90. The highest BCUT2D eigenvalue weighted by Gasteiger charge is 2.32. The van der Waals surface area contributed by atoms with Crippen LogP contribution in [0.1, 0.15) is 12.8 Å². The van der Waals surface area contributed by atoms with E-state index in [4.69, 9.17) is 16.7 Å².